The highest BCUT2D eigenvalue weighted by Crippen LogP contribution is 2.53. The van der Waals surface area contributed by atoms with Crippen LogP contribution in [0.2, 0.25) is 0 Å². The molecule has 5 N–H and O–H groups in total. The lowest BCUT2D eigenvalue weighted by Crippen LogP contribution is -1.90. The first-order valence-corrected chi connectivity index (χ1v) is 10.1. The maximum atomic E-state index is 10.8. The number of rotatable bonds is 9. The third kappa shape index (κ3) is 23.6. The van der Waals surface area contributed by atoms with E-state index in [-0.39, 0.29) is 12.4 Å². The lowest BCUT2D eigenvalue weighted by molar-refractivity contribution is -0.116. The number of hydrogen-bond donors (Lipinski definition) is 5. The molecule has 0 rings (SSSR count). The van der Waals surface area contributed by atoms with Gasteiger partial charge in [0.1, 0.15) is 5.78 Å². The predicted molar refractivity (Wildman–Crippen MR) is 88.9 cm³/mol. The van der Waals surface area contributed by atoms with Crippen LogP contribution in [0.1, 0.15) is 46.5 Å². The van der Waals surface area contributed by atoms with Crippen LogP contribution in [-0.4, -0.2) is 37.1 Å². The van der Waals surface area contributed by atoms with E-state index in [2.05, 4.69) is 17.3 Å². The zero-order chi connectivity index (χ0) is 19.4. The van der Waals surface area contributed by atoms with Crippen molar-refractivity contribution in [2.75, 3.05) is 6.61 Å². The summed E-state index contributed by atoms with van der Waals surface area (Å²) in [4.78, 5) is 41.8. The van der Waals surface area contributed by atoms with Gasteiger partial charge in [-0.05, 0) is 40.0 Å². The molecule has 0 aromatic heterocycles. The van der Waals surface area contributed by atoms with Crippen LogP contribution >= 0.6 is 15.6 Å². The Balaban J connectivity index is 0. The molecular weight excluding hydrogens is 362 g/mol. The van der Waals surface area contributed by atoms with Gasteiger partial charge in [-0.25, -0.2) is 9.13 Å². The van der Waals surface area contributed by atoms with Crippen LogP contribution in [0.15, 0.2) is 23.3 Å². The van der Waals surface area contributed by atoms with Crippen molar-refractivity contribution in [3.63, 3.8) is 0 Å². The summed E-state index contributed by atoms with van der Waals surface area (Å²) in [5, 5.41) is 8.66. The molecule has 0 amide bonds. The van der Waals surface area contributed by atoms with E-state index in [9.17, 15) is 13.9 Å². The standard InChI is InChI=1S/C13H22O2.H4O7P2/c1-11(7-8-13(3)15)5-4-6-12(2)9-10-14;1-8(2,3)7-9(4,5)6/h5,9,14H,4,6-8,10H2,1-3H3;(H2,1,2,3)(H2,4,5,6)/b11-5?,12-9+;. The molecule has 24 heavy (non-hydrogen) atoms. The average Bonchev–Trinajstić information content (AvgIpc) is 2.33. The molecule has 0 aromatic carbocycles. The summed E-state index contributed by atoms with van der Waals surface area (Å²) in [5.74, 6) is 0.249. The van der Waals surface area contributed by atoms with E-state index in [1.54, 1.807) is 6.92 Å². The van der Waals surface area contributed by atoms with E-state index in [4.69, 9.17) is 24.7 Å². The van der Waals surface area contributed by atoms with Crippen molar-refractivity contribution in [1.82, 2.24) is 0 Å². The molecule has 0 unspecified atom stereocenters. The number of ketones is 1. The summed E-state index contributed by atoms with van der Waals surface area (Å²) in [5.41, 5.74) is 2.50. The fourth-order valence-electron chi connectivity index (χ4n) is 1.42. The van der Waals surface area contributed by atoms with Gasteiger partial charge in [0.2, 0.25) is 0 Å². The highest BCUT2D eigenvalue weighted by atomic mass is 31.3. The van der Waals surface area contributed by atoms with Crippen LogP contribution in [0.25, 0.3) is 0 Å². The minimum absolute atomic E-state index is 0.124. The van der Waals surface area contributed by atoms with Gasteiger partial charge in [0.25, 0.3) is 0 Å². The Morgan fingerprint density at radius 1 is 0.875 bits per heavy atom. The van der Waals surface area contributed by atoms with Gasteiger partial charge in [0, 0.05) is 6.42 Å². The quantitative estimate of drug-likeness (QED) is 0.294. The topological polar surface area (TPSA) is 162 Å². The van der Waals surface area contributed by atoms with Gasteiger partial charge in [0.15, 0.2) is 0 Å². The fourth-order valence-corrected chi connectivity index (χ4v) is 2.53. The molecule has 0 atom stereocenters. The van der Waals surface area contributed by atoms with Crippen molar-refractivity contribution >= 4 is 21.4 Å². The van der Waals surface area contributed by atoms with Gasteiger partial charge in [-0.2, -0.15) is 4.31 Å². The number of allylic oxidation sites excluding steroid dienone is 3. The number of carbonyl (C=O) groups excluding carboxylic acids is 1. The number of phosphoric acid groups is 2. The Kier molecular flexibility index (Phi) is 13.5. The number of carbonyl (C=O) groups is 1. The van der Waals surface area contributed by atoms with Gasteiger partial charge in [-0.1, -0.05) is 23.3 Å². The van der Waals surface area contributed by atoms with E-state index in [0.717, 1.165) is 19.3 Å². The second-order valence-electron chi connectivity index (χ2n) is 5.09. The van der Waals surface area contributed by atoms with Gasteiger partial charge in [-0.15, -0.1) is 0 Å². The van der Waals surface area contributed by atoms with Crippen molar-refractivity contribution < 1.29 is 42.9 Å². The van der Waals surface area contributed by atoms with Gasteiger partial charge in [0.05, 0.1) is 6.61 Å². The minimum atomic E-state index is -5.05. The normalized spacial score (nSPS) is 13.3. The minimum Gasteiger partial charge on any atom is -0.392 e. The number of Topliss-reactive ketones (excluding diaryl/α,β-unsaturated/α-hetero) is 1. The lowest BCUT2D eigenvalue weighted by Gasteiger charge is -2.03. The molecule has 0 aromatic rings. The van der Waals surface area contributed by atoms with E-state index in [1.807, 2.05) is 13.0 Å². The molecule has 9 nitrogen and oxygen atoms in total. The lowest BCUT2D eigenvalue weighted by atomic mass is 10.1. The molecule has 0 aliphatic rings. The summed E-state index contributed by atoms with van der Waals surface area (Å²) >= 11 is 0. The summed E-state index contributed by atoms with van der Waals surface area (Å²) in [7, 11) is -10.1. The highest BCUT2D eigenvalue weighted by Gasteiger charge is 2.27. The van der Waals surface area contributed by atoms with Crippen LogP contribution in [0.4, 0.5) is 0 Å². The molecule has 0 saturated carbocycles. The molecule has 0 fully saturated rings. The monoisotopic (exact) mass is 388 g/mol. The second kappa shape index (κ2) is 12.7. The summed E-state index contributed by atoms with van der Waals surface area (Å²) < 4.78 is 22.2. The maximum Gasteiger partial charge on any atom is 0.478 e. The first-order chi connectivity index (χ1) is 10.8. The summed E-state index contributed by atoms with van der Waals surface area (Å²) in [6.07, 6.45) is 7.51. The molecule has 11 heteroatoms. The van der Waals surface area contributed by atoms with E-state index < -0.39 is 15.6 Å². The SMILES string of the molecule is CC(=O)CCC(C)=CCC/C(C)=C/CO.O=P(O)(O)OP(=O)(O)O. The molecule has 0 aliphatic heterocycles. The van der Waals surface area contributed by atoms with E-state index in [0.29, 0.717) is 6.42 Å². The van der Waals surface area contributed by atoms with Gasteiger partial charge >= 0.3 is 15.6 Å². The van der Waals surface area contributed by atoms with Crippen molar-refractivity contribution in [2.24, 2.45) is 0 Å². The number of aliphatic hydroxyl groups is 1. The number of hydrogen-bond acceptors (Lipinski definition) is 5. The van der Waals surface area contributed by atoms with Crippen LogP contribution < -0.4 is 0 Å². The molecular formula is C13H26O9P2. The Labute approximate surface area is 141 Å². The van der Waals surface area contributed by atoms with E-state index >= 15 is 0 Å². The fraction of sp³-hybridized carbons (Fsp3) is 0.615. The van der Waals surface area contributed by atoms with Crippen molar-refractivity contribution in [2.45, 2.75) is 46.5 Å². The van der Waals surface area contributed by atoms with Crippen LogP contribution in [-0.2, 0) is 18.2 Å². The molecule has 0 aliphatic carbocycles. The van der Waals surface area contributed by atoms with Crippen LogP contribution in [0, 0.1) is 0 Å². The molecule has 0 spiro atoms. The molecule has 142 valence electrons. The first kappa shape index (κ1) is 25.6. The largest absolute Gasteiger partial charge is 0.478 e. The predicted octanol–water partition coefficient (Wildman–Crippen LogP) is 2.21. The summed E-state index contributed by atoms with van der Waals surface area (Å²) in [6, 6.07) is 0. The van der Waals surface area contributed by atoms with Crippen molar-refractivity contribution in [3.05, 3.63) is 23.3 Å². The van der Waals surface area contributed by atoms with Crippen molar-refractivity contribution in [3.8, 4) is 0 Å². The second-order valence-corrected chi connectivity index (χ2v) is 7.70. The highest BCUT2D eigenvalue weighted by molar-refractivity contribution is 7.60. The smallest absolute Gasteiger partial charge is 0.392 e. The zero-order valence-electron chi connectivity index (χ0n) is 14.0. The molecule has 0 bridgehead atoms. The average molecular weight is 388 g/mol. The van der Waals surface area contributed by atoms with E-state index in [1.165, 1.54) is 11.1 Å². The third-order valence-corrected chi connectivity index (χ3v) is 4.26. The molecule has 0 radical (unpaired) electrons. The van der Waals surface area contributed by atoms with Crippen LogP contribution in [0.5, 0.6) is 0 Å². The van der Waals surface area contributed by atoms with Gasteiger partial charge < -0.3 is 29.5 Å². The van der Waals surface area contributed by atoms with Gasteiger partial charge in [-0.3, -0.25) is 0 Å². The first-order valence-electron chi connectivity index (χ1n) is 7.01. The Bertz CT molecular complexity index is 508. The Morgan fingerprint density at radius 3 is 1.67 bits per heavy atom. The third-order valence-electron chi connectivity index (χ3n) is 2.56. The Hall–Kier alpha value is -0.630. The maximum absolute atomic E-state index is 10.8. The molecule has 0 heterocycles. The summed E-state index contributed by atoms with van der Waals surface area (Å²) in [6.45, 7) is 5.84. The number of aliphatic hydroxyl groups excluding tert-OH is 1. The van der Waals surface area contributed by atoms with Crippen LogP contribution in [0.3, 0.4) is 0 Å². The van der Waals surface area contributed by atoms with Crippen molar-refractivity contribution in [1.29, 1.82) is 0 Å². The Morgan fingerprint density at radius 2 is 1.33 bits per heavy atom. The molecule has 0 saturated heterocycles. The zero-order valence-corrected chi connectivity index (χ0v) is 15.7.